The Labute approximate surface area is 323 Å². The highest BCUT2D eigenvalue weighted by atomic mass is 35.5. The molecule has 6 atom stereocenters. The zero-order valence-corrected chi connectivity index (χ0v) is 31.5. The van der Waals surface area contributed by atoms with Crippen LogP contribution in [0, 0.1) is 11.8 Å². The van der Waals surface area contributed by atoms with Crippen LogP contribution in [0.2, 0.25) is 5.02 Å². The summed E-state index contributed by atoms with van der Waals surface area (Å²) in [7, 11) is 2.39. The number of rotatable bonds is 17. The summed E-state index contributed by atoms with van der Waals surface area (Å²) in [5.41, 5.74) is -0.696. The van der Waals surface area contributed by atoms with E-state index in [-0.39, 0.29) is 10.6 Å². The van der Waals surface area contributed by atoms with Crippen LogP contribution in [0.5, 0.6) is 5.75 Å². The van der Waals surface area contributed by atoms with Crippen LogP contribution in [0.3, 0.4) is 0 Å². The zero-order chi connectivity index (χ0) is 42.3. The maximum absolute atomic E-state index is 15.3. The van der Waals surface area contributed by atoms with Gasteiger partial charge in [0.25, 0.3) is 11.8 Å². The highest BCUT2D eigenvalue weighted by molar-refractivity contribution is 7.79. The zero-order valence-electron chi connectivity index (χ0n) is 30.0. The third-order valence-corrected chi connectivity index (χ3v) is 10.0. The molecule has 3 rings (SSSR count). The van der Waals surface area contributed by atoms with E-state index >= 15 is 8.78 Å². The smallest absolute Gasteiger partial charge is 0.405 e. The standard InChI is InChI=1S/C34H38ClF7N4O9S/c1-17(2)25(27(47)34(41,42)30(50)43-16-32(36,37)38)45-28(48)24-12-19(26(56(52)53)18-8-10-22(55-4)11-9-18)14-46(24)29(49)23(15-54-3)44-31(51)33(39,40)20-6-5-7-21(35)13-20/h5-11,13,17,19,23-26H,12,14-16H2,1-4H3,(H,43,50)(H,44,51)(H,45,48)(H,52,53)/p-1/t19-,23+,24+,25+,26?/m1/s1. The van der Waals surface area contributed by atoms with Crippen LogP contribution in [-0.2, 0) is 45.7 Å². The number of nitrogens with one attached hydrogen (secondary N) is 3. The summed E-state index contributed by atoms with van der Waals surface area (Å²) in [6.07, 6.45) is -5.66. The van der Waals surface area contributed by atoms with Crippen LogP contribution in [-0.4, -0.2) is 107 Å². The van der Waals surface area contributed by atoms with Crippen molar-refractivity contribution in [1.82, 2.24) is 20.9 Å². The Morgan fingerprint density at radius 3 is 2.11 bits per heavy atom. The summed E-state index contributed by atoms with van der Waals surface area (Å²) in [6, 6.07) is 3.65. The summed E-state index contributed by atoms with van der Waals surface area (Å²) in [6.45, 7) is -1.28. The van der Waals surface area contributed by atoms with Crippen LogP contribution in [0.15, 0.2) is 48.5 Å². The van der Waals surface area contributed by atoms with Gasteiger partial charge in [-0.25, -0.2) is 0 Å². The van der Waals surface area contributed by atoms with E-state index in [2.05, 4.69) is 0 Å². The van der Waals surface area contributed by atoms with Crippen LogP contribution in [0.1, 0.15) is 36.6 Å². The molecule has 0 aliphatic carbocycles. The average molecular weight is 846 g/mol. The van der Waals surface area contributed by atoms with Gasteiger partial charge in [0.05, 0.1) is 25.0 Å². The van der Waals surface area contributed by atoms with E-state index in [1.54, 1.807) is 0 Å². The molecule has 0 bridgehead atoms. The van der Waals surface area contributed by atoms with Crippen molar-refractivity contribution in [2.24, 2.45) is 11.8 Å². The molecule has 2 unspecified atom stereocenters. The number of likely N-dealkylation sites (tertiary alicyclic amines) is 1. The molecular formula is C34H37ClF7N4O9S-. The molecule has 1 aliphatic rings. The van der Waals surface area contributed by atoms with Crippen LogP contribution < -0.4 is 20.7 Å². The highest BCUT2D eigenvalue weighted by Crippen LogP contribution is 2.39. The fourth-order valence-electron chi connectivity index (χ4n) is 5.90. The highest BCUT2D eigenvalue weighted by Gasteiger charge is 2.53. The van der Waals surface area contributed by atoms with Crippen molar-refractivity contribution in [3.8, 4) is 5.75 Å². The summed E-state index contributed by atoms with van der Waals surface area (Å²) >= 11 is 2.84. The number of carbonyl (C=O) groups is 5. The topological polar surface area (TPSA) is 183 Å². The molecule has 0 spiro atoms. The molecule has 1 saturated heterocycles. The van der Waals surface area contributed by atoms with Crippen LogP contribution in [0.25, 0.3) is 0 Å². The number of hydrogen-bond donors (Lipinski definition) is 3. The number of alkyl halides is 7. The summed E-state index contributed by atoms with van der Waals surface area (Å²) in [4.78, 5) is 66.6. The van der Waals surface area contributed by atoms with E-state index in [0.717, 1.165) is 44.5 Å². The van der Waals surface area contributed by atoms with E-state index in [9.17, 15) is 54.7 Å². The lowest BCUT2D eigenvalue weighted by Gasteiger charge is -2.31. The number of benzene rings is 2. The number of Topliss-reactive ketones (excluding diaryl/α,β-unsaturated/α-hetero) is 1. The molecule has 2 aromatic carbocycles. The van der Waals surface area contributed by atoms with Crippen molar-refractivity contribution in [3.63, 3.8) is 0 Å². The van der Waals surface area contributed by atoms with Gasteiger partial charge in [0.1, 0.15) is 24.4 Å². The third kappa shape index (κ3) is 11.2. The van der Waals surface area contributed by atoms with Gasteiger partial charge in [0, 0.05) is 24.2 Å². The Kier molecular flexibility index (Phi) is 15.4. The van der Waals surface area contributed by atoms with Gasteiger partial charge in [-0.1, -0.05) is 49.7 Å². The minimum absolute atomic E-state index is 0.142. The number of carbonyl (C=O) groups excluding carboxylic acids is 5. The summed E-state index contributed by atoms with van der Waals surface area (Å²) < 4.78 is 134. The lowest BCUT2D eigenvalue weighted by atomic mass is 9.93. The van der Waals surface area contributed by atoms with Crippen LogP contribution in [0.4, 0.5) is 30.7 Å². The van der Waals surface area contributed by atoms with Gasteiger partial charge in [-0.05, 0) is 59.2 Å². The largest absolute Gasteiger partial charge is 0.772 e. The Bertz CT molecular complexity index is 1790. The van der Waals surface area contributed by atoms with Crippen molar-refractivity contribution in [2.45, 2.75) is 61.7 Å². The fraction of sp³-hybridized carbons (Fsp3) is 0.500. The molecule has 56 heavy (non-hydrogen) atoms. The first-order valence-corrected chi connectivity index (χ1v) is 18.0. The molecule has 3 N–H and O–H groups in total. The predicted octanol–water partition coefficient (Wildman–Crippen LogP) is 3.43. The maximum Gasteiger partial charge on any atom is 0.405 e. The van der Waals surface area contributed by atoms with Crippen molar-refractivity contribution in [3.05, 3.63) is 64.7 Å². The molecule has 22 heteroatoms. The van der Waals surface area contributed by atoms with Crippen molar-refractivity contribution in [2.75, 3.05) is 33.9 Å². The number of ether oxygens (including phenoxy) is 2. The molecule has 1 heterocycles. The van der Waals surface area contributed by atoms with E-state index < -0.39 is 125 Å². The van der Waals surface area contributed by atoms with E-state index in [1.807, 2.05) is 10.6 Å². The van der Waals surface area contributed by atoms with Gasteiger partial charge in [0.15, 0.2) is 0 Å². The fourth-order valence-corrected chi connectivity index (χ4v) is 6.98. The minimum Gasteiger partial charge on any atom is -0.772 e. The van der Waals surface area contributed by atoms with E-state index in [0.29, 0.717) is 10.6 Å². The SMILES string of the molecule is COC[C@H](NC(=O)C(F)(F)c1cccc(Cl)c1)C(=O)N1C[C@H](C(c2ccc(OC)cc2)S(=O)[O-])C[C@H]1C(=O)N[C@H](C(=O)C(F)(F)C(=O)NCC(F)(F)F)C(C)C. The van der Waals surface area contributed by atoms with Gasteiger partial charge in [0.2, 0.25) is 17.6 Å². The van der Waals surface area contributed by atoms with Gasteiger partial charge in [-0.2, -0.15) is 30.7 Å². The Morgan fingerprint density at radius 2 is 1.59 bits per heavy atom. The molecule has 13 nitrogen and oxygen atoms in total. The van der Waals surface area contributed by atoms with Gasteiger partial charge in [-0.3, -0.25) is 28.2 Å². The van der Waals surface area contributed by atoms with Gasteiger partial charge < -0.3 is 34.9 Å². The second-order valence-corrected chi connectivity index (χ2v) is 14.5. The molecule has 1 aliphatic heterocycles. The van der Waals surface area contributed by atoms with Crippen molar-refractivity contribution < 1.29 is 72.9 Å². The molecule has 310 valence electrons. The normalized spacial score (nSPS) is 18.4. The molecular weight excluding hydrogens is 809 g/mol. The molecule has 0 aromatic heterocycles. The second-order valence-electron chi connectivity index (χ2n) is 13.0. The monoisotopic (exact) mass is 845 g/mol. The number of halogens is 8. The first-order valence-electron chi connectivity index (χ1n) is 16.5. The third-order valence-electron chi connectivity index (χ3n) is 8.70. The van der Waals surface area contributed by atoms with E-state index in [1.165, 1.54) is 37.4 Å². The molecule has 0 radical (unpaired) electrons. The predicted molar refractivity (Wildman–Crippen MR) is 183 cm³/mol. The van der Waals surface area contributed by atoms with Crippen molar-refractivity contribution >= 4 is 52.1 Å². The number of amides is 4. The van der Waals surface area contributed by atoms with E-state index in [4.69, 9.17) is 21.1 Å². The molecule has 2 aromatic rings. The van der Waals surface area contributed by atoms with Crippen molar-refractivity contribution in [1.29, 1.82) is 0 Å². The Balaban J connectivity index is 2.02. The molecule has 4 amide bonds. The second kappa shape index (κ2) is 18.7. The summed E-state index contributed by atoms with van der Waals surface area (Å²) in [5, 5.41) is 3.17. The number of ketones is 1. The quantitative estimate of drug-likeness (QED) is 0.122. The lowest BCUT2D eigenvalue weighted by Crippen LogP contribution is -2.60. The number of nitrogens with zero attached hydrogens (tertiary/aromatic N) is 1. The Morgan fingerprint density at radius 1 is 0.964 bits per heavy atom. The molecule has 0 saturated carbocycles. The minimum atomic E-state index is -5.11. The van der Waals surface area contributed by atoms with Gasteiger partial charge >= 0.3 is 18.0 Å². The first-order chi connectivity index (χ1) is 26.0. The first kappa shape index (κ1) is 46.0. The number of methoxy groups -OCH3 is 2. The lowest BCUT2D eigenvalue weighted by molar-refractivity contribution is -0.165. The maximum atomic E-state index is 15.3. The Hall–Kier alpha value is -4.34. The molecule has 1 fully saturated rings. The number of hydrogen-bond acceptors (Lipinski definition) is 9. The van der Waals surface area contributed by atoms with Crippen LogP contribution >= 0.6 is 11.6 Å². The van der Waals surface area contributed by atoms with Gasteiger partial charge in [-0.15, -0.1) is 0 Å². The summed E-state index contributed by atoms with van der Waals surface area (Å²) in [5.74, 6) is -21.0. The average Bonchev–Trinajstić information content (AvgIpc) is 3.56.